The highest BCUT2D eigenvalue weighted by Crippen LogP contribution is 2.31. The van der Waals surface area contributed by atoms with Crippen LogP contribution in [-0.2, 0) is 14.6 Å². The molecule has 0 atom stereocenters. The van der Waals surface area contributed by atoms with Gasteiger partial charge in [-0.3, -0.25) is 4.79 Å². The first kappa shape index (κ1) is 26.4. The molecule has 7 heteroatoms. The van der Waals surface area contributed by atoms with Crippen molar-refractivity contribution in [1.82, 2.24) is 9.47 Å². The highest BCUT2D eigenvalue weighted by atomic mass is 32.2. The molecule has 1 aromatic heterocycles. The van der Waals surface area contributed by atoms with E-state index >= 15 is 0 Å². The quantitative estimate of drug-likeness (QED) is 0.302. The number of nitrogens with zero attached hydrogens (tertiary/aromatic N) is 3. The molecule has 1 amide bonds. The largest absolute Gasteiger partial charge is 0.338 e. The zero-order valence-corrected chi connectivity index (χ0v) is 22.7. The predicted molar refractivity (Wildman–Crippen MR) is 147 cm³/mol. The van der Waals surface area contributed by atoms with Gasteiger partial charge in [-0.1, -0.05) is 44.2 Å². The topological polar surface area (TPSA) is 83.2 Å². The van der Waals surface area contributed by atoms with E-state index in [1.54, 1.807) is 23.1 Å². The molecule has 2 heterocycles. The molecule has 0 radical (unpaired) electrons. The van der Waals surface area contributed by atoms with Crippen LogP contribution in [-0.4, -0.2) is 43.1 Å². The van der Waals surface area contributed by atoms with Crippen LogP contribution in [0.15, 0.2) is 65.1 Å². The molecule has 0 saturated carbocycles. The van der Waals surface area contributed by atoms with Crippen molar-refractivity contribution in [2.75, 3.05) is 19.3 Å². The summed E-state index contributed by atoms with van der Waals surface area (Å²) in [6, 6.07) is 19.0. The molecular formula is C30H33N3O3S. The Morgan fingerprint density at radius 1 is 1.03 bits per heavy atom. The van der Waals surface area contributed by atoms with E-state index in [-0.39, 0.29) is 17.4 Å². The summed E-state index contributed by atoms with van der Waals surface area (Å²) in [4.78, 5) is 15.1. The average Bonchev–Trinajstić information content (AvgIpc) is 3.23. The Balaban J connectivity index is 1.74. The van der Waals surface area contributed by atoms with Gasteiger partial charge in [-0.15, -0.1) is 0 Å². The first-order chi connectivity index (χ1) is 17.6. The van der Waals surface area contributed by atoms with Gasteiger partial charge in [0.2, 0.25) is 0 Å². The number of hydrogen-bond acceptors (Lipinski definition) is 4. The van der Waals surface area contributed by atoms with Gasteiger partial charge in [-0.2, -0.15) is 5.26 Å². The molecule has 1 aliphatic rings. The van der Waals surface area contributed by atoms with Crippen molar-refractivity contribution >= 4 is 21.8 Å². The molecule has 192 valence electrons. The van der Waals surface area contributed by atoms with E-state index < -0.39 is 9.84 Å². The molecule has 0 N–H and O–H groups in total. The van der Waals surface area contributed by atoms with Crippen LogP contribution in [0.2, 0.25) is 0 Å². The number of carbonyl (C=O) groups is 1. The molecule has 4 rings (SSSR count). The second kappa shape index (κ2) is 10.8. The molecule has 0 bridgehead atoms. The summed E-state index contributed by atoms with van der Waals surface area (Å²) in [5.41, 5.74) is 5.43. The fraction of sp³-hybridized carbons (Fsp3) is 0.333. The number of rotatable bonds is 6. The normalized spacial score (nSPS) is 14.6. The van der Waals surface area contributed by atoms with Crippen LogP contribution in [0.1, 0.15) is 56.0 Å². The number of likely N-dealkylation sites (tertiary alicyclic amines) is 1. The van der Waals surface area contributed by atoms with Crippen molar-refractivity contribution in [1.29, 1.82) is 5.26 Å². The molecule has 2 aromatic carbocycles. The Bertz CT molecular complexity index is 1480. The van der Waals surface area contributed by atoms with Gasteiger partial charge in [0.1, 0.15) is 11.6 Å². The SMILES string of the molecule is Cc1c(/C=C(\C#N)C(=O)N2CCCCC2)cc(C(C)C)n1-c1ccc(-c2ccccc2S(C)(=O)=O)cc1. The molecule has 37 heavy (non-hydrogen) atoms. The predicted octanol–water partition coefficient (Wildman–Crippen LogP) is 5.90. The van der Waals surface area contributed by atoms with E-state index in [1.165, 1.54) is 6.26 Å². The third-order valence-electron chi connectivity index (χ3n) is 6.92. The molecule has 1 fully saturated rings. The summed E-state index contributed by atoms with van der Waals surface area (Å²) in [5, 5.41) is 9.78. The van der Waals surface area contributed by atoms with Crippen LogP contribution in [0.3, 0.4) is 0 Å². The van der Waals surface area contributed by atoms with E-state index in [0.29, 0.717) is 23.5 Å². The van der Waals surface area contributed by atoms with Crippen LogP contribution in [0.5, 0.6) is 0 Å². The second-order valence-electron chi connectivity index (χ2n) is 9.94. The molecule has 0 aliphatic carbocycles. The number of sulfone groups is 1. The van der Waals surface area contributed by atoms with E-state index in [9.17, 15) is 18.5 Å². The van der Waals surface area contributed by atoms with Gasteiger partial charge >= 0.3 is 0 Å². The fourth-order valence-electron chi connectivity index (χ4n) is 4.95. The second-order valence-corrected chi connectivity index (χ2v) is 11.9. The van der Waals surface area contributed by atoms with Crippen LogP contribution < -0.4 is 0 Å². The van der Waals surface area contributed by atoms with Crippen molar-refractivity contribution < 1.29 is 13.2 Å². The lowest BCUT2D eigenvalue weighted by atomic mass is 10.0. The van der Waals surface area contributed by atoms with Crippen molar-refractivity contribution in [2.45, 2.75) is 50.8 Å². The third-order valence-corrected chi connectivity index (χ3v) is 8.08. The van der Waals surface area contributed by atoms with Crippen LogP contribution in [0.25, 0.3) is 22.9 Å². The lowest BCUT2D eigenvalue weighted by molar-refractivity contribution is -0.127. The van der Waals surface area contributed by atoms with Gasteiger partial charge in [0.05, 0.1) is 4.90 Å². The maximum absolute atomic E-state index is 13.0. The van der Waals surface area contributed by atoms with Gasteiger partial charge in [0.15, 0.2) is 9.84 Å². The number of nitriles is 1. The van der Waals surface area contributed by atoms with Crippen LogP contribution >= 0.6 is 0 Å². The highest BCUT2D eigenvalue weighted by Gasteiger charge is 2.22. The highest BCUT2D eigenvalue weighted by molar-refractivity contribution is 7.90. The minimum absolute atomic E-state index is 0.158. The zero-order valence-electron chi connectivity index (χ0n) is 21.9. The standard InChI is InChI=1S/C30H33N3O3S/c1-21(2)28-19-24(18-25(20-31)30(34)32-16-8-5-9-17-32)22(3)33(28)26-14-12-23(13-15-26)27-10-6-7-11-29(27)37(4,35)36/h6-7,10-15,18-19,21H,5,8-9,16-17H2,1-4H3/b25-18+. The fourth-order valence-corrected chi connectivity index (χ4v) is 5.86. The van der Waals surface area contributed by atoms with Crippen molar-refractivity contribution in [2.24, 2.45) is 0 Å². The number of hydrogen-bond donors (Lipinski definition) is 0. The van der Waals surface area contributed by atoms with Gasteiger partial charge in [-0.05, 0) is 73.6 Å². The summed E-state index contributed by atoms with van der Waals surface area (Å²) in [7, 11) is -3.36. The minimum Gasteiger partial charge on any atom is -0.338 e. The molecule has 6 nitrogen and oxygen atoms in total. The van der Waals surface area contributed by atoms with Gasteiger partial charge in [-0.25, -0.2) is 8.42 Å². The van der Waals surface area contributed by atoms with E-state index in [1.807, 2.05) is 49.4 Å². The molecule has 0 spiro atoms. The molecule has 1 saturated heterocycles. The Kier molecular flexibility index (Phi) is 7.70. The molecular weight excluding hydrogens is 482 g/mol. The number of carbonyl (C=O) groups excluding carboxylic acids is 1. The first-order valence-corrected chi connectivity index (χ1v) is 14.5. The van der Waals surface area contributed by atoms with E-state index in [2.05, 4.69) is 24.5 Å². The zero-order chi connectivity index (χ0) is 26.7. The van der Waals surface area contributed by atoms with Gasteiger partial charge in [0, 0.05) is 42.0 Å². The molecule has 3 aromatic rings. The number of aromatic nitrogens is 1. The molecule has 0 unspecified atom stereocenters. The minimum atomic E-state index is -3.36. The third kappa shape index (κ3) is 5.55. The van der Waals surface area contributed by atoms with Crippen molar-refractivity contribution in [3.05, 3.63) is 77.1 Å². The maximum Gasteiger partial charge on any atom is 0.264 e. The lowest BCUT2D eigenvalue weighted by Gasteiger charge is -2.26. The smallest absolute Gasteiger partial charge is 0.264 e. The van der Waals surface area contributed by atoms with Crippen LogP contribution in [0, 0.1) is 18.3 Å². The number of amides is 1. The Labute approximate surface area is 219 Å². The maximum atomic E-state index is 13.0. The van der Waals surface area contributed by atoms with E-state index in [0.717, 1.165) is 47.5 Å². The van der Waals surface area contributed by atoms with Crippen molar-refractivity contribution in [3.8, 4) is 22.9 Å². The molecule has 1 aliphatic heterocycles. The van der Waals surface area contributed by atoms with Crippen LogP contribution in [0.4, 0.5) is 0 Å². The monoisotopic (exact) mass is 515 g/mol. The number of piperidine rings is 1. The summed E-state index contributed by atoms with van der Waals surface area (Å²) in [6.45, 7) is 7.61. The first-order valence-electron chi connectivity index (χ1n) is 12.6. The Morgan fingerprint density at radius 3 is 2.27 bits per heavy atom. The number of benzene rings is 2. The summed E-state index contributed by atoms with van der Waals surface area (Å²) in [6.07, 6.45) is 6.00. The average molecular weight is 516 g/mol. The summed E-state index contributed by atoms with van der Waals surface area (Å²) in [5.74, 6) is 0.00385. The van der Waals surface area contributed by atoms with E-state index in [4.69, 9.17) is 0 Å². The lowest BCUT2D eigenvalue weighted by Crippen LogP contribution is -2.36. The Hall–Kier alpha value is -3.63. The Morgan fingerprint density at radius 2 is 1.68 bits per heavy atom. The van der Waals surface area contributed by atoms with Gasteiger partial charge in [0.25, 0.3) is 5.91 Å². The van der Waals surface area contributed by atoms with Crippen molar-refractivity contribution in [3.63, 3.8) is 0 Å². The summed E-state index contributed by atoms with van der Waals surface area (Å²) < 4.78 is 26.7. The summed E-state index contributed by atoms with van der Waals surface area (Å²) >= 11 is 0. The van der Waals surface area contributed by atoms with Gasteiger partial charge < -0.3 is 9.47 Å².